The van der Waals surface area contributed by atoms with Crippen molar-refractivity contribution >= 4 is 17.1 Å². The normalized spacial score (nSPS) is 14.3. The highest BCUT2D eigenvalue weighted by atomic mass is 16.1. The minimum absolute atomic E-state index is 0.128. The van der Waals surface area contributed by atoms with Crippen molar-refractivity contribution < 1.29 is 9.58 Å². The van der Waals surface area contributed by atoms with Gasteiger partial charge in [-0.3, -0.25) is 4.79 Å². The highest BCUT2D eigenvalue weighted by Crippen LogP contribution is 2.26. The Bertz CT molecular complexity index is 508. The number of ketones is 1. The number of fused-ring (bicyclic) bond motifs is 1. The van der Waals surface area contributed by atoms with Crippen LogP contribution in [-0.2, 0) is 4.79 Å². The molecule has 0 aliphatic heterocycles. The van der Waals surface area contributed by atoms with E-state index in [0.717, 1.165) is 17.6 Å². The predicted octanol–water partition coefficient (Wildman–Crippen LogP) is 2.08. The molecule has 1 aliphatic rings. The lowest BCUT2D eigenvalue weighted by Crippen LogP contribution is -2.20. The lowest BCUT2D eigenvalue weighted by atomic mass is 9.88. The second-order valence-corrected chi connectivity index (χ2v) is 3.38. The molecule has 0 atom stereocenters. The standard InChI is InChI=1S/C12H10N2O/c1-2-8-7-11(15)12(14-13)10-6-4-3-5-9(8)10/h3-7H,2H2,1H3. The highest BCUT2D eigenvalue weighted by molar-refractivity contribution is 6.50. The van der Waals surface area contributed by atoms with Crippen LogP contribution in [0.1, 0.15) is 24.5 Å². The smallest absolute Gasteiger partial charge is 0.361 e. The van der Waals surface area contributed by atoms with Gasteiger partial charge in [0.1, 0.15) is 0 Å². The maximum absolute atomic E-state index is 11.6. The lowest BCUT2D eigenvalue weighted by molar-refractivity contribution is -0.112. The zero-order valence-corrected chi connectivity index (χ0v) is 8.40. The molecule has 15 heavy (non-hydrogen) atoms. The van der Waals surface area contributed by atoms with Crippen LogP contribution in [0, 0.1) is 0 Å². The fourth-order valence-electron chi connectivity index (χ4n) is 1.80. The molecule has 1 aromatic carbocycles. The molecule has 1 aliphatic carbocycles. The Kier molecular flexibility index (Phi) is 2.32. The number of nitrogens with zero attached hydrogens (tertiary/aromatic N) is 2. The van der Waals surface area contributed by atoms with Gasteiger partial charge in [-0.05, 0) is 29.7 Å². The fourth-order valence-corrected chi connectivity index (χ4v) is 1.80. The third-order valence-electron chi connectivity index (χ3n) is 2.55. The SMILES string of the molecule is CCC1=CC(=O)C(=[N+]=[N-])c2ccccc21. The molecule has 2 rings (SSSR count). The number of carbonyl (C=O) groups is 1. The molecule has 0 bridgehead atoms. The summed E-state index contributed by atoms with van der Waals surface area (Å²) >= 11 is 0. The largest absolute Gasteiger partial charge is 0.369 e. The van der Waals surface area contributed by atoms with E-state index >= 15 is 0 Å². The molecular formula is C12H10N2O. The summed E-state index contributed by atoms with van der Waals surface area (Å²) in [6.45, 7) is 2.00. The second kappa shape index (κ2) is 3.64. The first-order valence-corrected chi connectivity index (χ1v) is 4.84. The minimum atomic E-state index is -0.229. The maximum Gasteiger partial charge on any atom is 0.369 e. The zero-order chi connectivity index (χ0) is 10.8. The van der Waals surface area contributed by atoms with E-state index in [0.29, 0.717) is 5.56 Å². The van der Waals surface area contributed by atoms with Gasteiger partial charge in [0.15, 0.2) is 0 Å². The fraction of sp³-hybridized carbons (Fsp3) is 0.167. The topological polar surface area (TPSA) is 53.5 Å². The molecule has 74 valence electrons. The Hall–Kier alpha value is -1.99. The Morgan fingerprint density at radius 2 is 1.93 bits per heavy atom. The number of benzene rings is 1. The van der Waals surface area contributed by atoms with E-state index in [9.17, 15) is 4.79 Å². The van der Waals surface area contributed by atoms with Crippen LogP contribution >= 0.6 is 0 Å². The molecule has 0 fully saturated rings. The van der Waals surface area contributed by atoms with Gasteiger partial charge in [0, 0.05) is 0 Å². The molecule has 0 radical (unpaired) electrons. The van der Waals surface area contributed by atoms with E-state index in [1.54, 1.807) is 6.07 Å². The molecule has 3 nitrogen and oxygen atoms in total. The van der Waals surface area contributed by atoms with E-state index in [1.807, 2.05) is 25.1 Å². The molecule has 0 aromatic heterocycles. The Morgan fingerprint density at radius 1 is 1.27 bits per heavy atom. The van der Waals surface area contributed by atoms with E-state index < -0.39 is 0 Å². The average molecular weight is 198 g/mol. The lowest BCUT2D eigenvalue weighted by Gasteiger charge is -2.12. The van der Waals surface area contributed by atoms with Crippen molar-refractivity contribution in [2.24, 2.45) is 0 Å². The predicted molar refractivity (Wildman–Crippen MR) is 57.4 cm³/mol. The minimum Gasteiger partial charge on any atom is -0.361 e. The summed E-state index contributed by atoms with van der Waals surface area (Å²) in [5.41, 5.74) is 11.6. The molecule has 0 spiro atoms. The maximum atomic E-state index is 11.6. The Balaban J connectivity index is 2.74. The van der Waals surface area contributed by atoms with Gasteiger partial charge in [-0.25, -0.2) is 0 Å². The van der Waals surface area contributed by atoms with Crippen LogP contribution in [0.2, 0.25) is 0 Å². The van der Waals surface area contributed by atoms with E-state index in [-0.39, 0.29) is 11.5 Å². The molecule has 3 heteroatoms. The second-order valence-electron chi connectivity index (χ2n) is 3.38. The first kappa shape index (κ1) is 9.56. The van der Waals surface area contributed by atoms with Crippen LogP contribution in [0.25, 0.3) is 11.1 Å². The summed E-state index contributed by atoms with van der Waals surface area (Å²) in [5, 5.41) is 0. The number of hydrogen-bond acceptors (Lipinski definition) is 1. The van der Waals surface area contributed by atoms with Gasteiger partial charge in [-0.2, -0.15) is 4.79 Å². The van der Waals surface area contributed by atoms with Crippen molar-refractivity contribution in [3.8, 4) is 0 Å². The highest BCUT2D eigenvalue weighted by Gasteiger charge is 2.29. The summed E-state index contributed by atoms with van der Waals surface area (Å²) in [6.07, 6.45) is 2.33. The van der Waals surface area contributed by atoms with E-state index in [2.05, 4.69) is 4.79 Å². The summed E-state index contributed by atoms with van der Waals surface area (Å²) < 4.78 is 0. The van der Waals surface area contributed by atoms with Crippen molar-refractivity contribution in [3.05, 3.63) is 47.0 Å². The summed E-state index contributed by atoms with van der Waals surface area (Å²) in [5.74, 6) is -0.229. The Labute approximate surface area is 87.7 Å². The van der Waals surface area contributed by atoms with Gasteiger partial charge in [0.2, 0.25) is 0 Å². The quantitative estimate of drug-likeness (QED) is 0.503. The van der Waals surface area contributed by atoms with Crippen molar-refractivity contribution in [3.63, 3.8) is 0 Å². The molecule has 0 amide bonds. The first-order valence-electron chi connectivity index (χ1n) is 4.84. The summed E-state index contributed by atoms with van der Waals surface area (Å²) in [4.78, 5) is 14.7. The monoisotopic (exact) mass is 198 g/mol. The van der Waals surface area contributed by atoms with Crippen molar-refractivity contribution in [2.75, 3.05) is 0 Å². The zero-order valence-electron chi connectivity index (χ0n) is 8.40. The van der Waals surface area contributed by atoms with E-state index in [4.69, 9.17) is 5.53 Å². The van der Waals surface area contributed by atoms with Crippen LogP contribution in [0.3, 0.4) is 0 Å². The summed E-state index contributed by atoms with van der Waals surface area (Å²) in [7, 11) is 0. The summed E-state index contributed by atoms with van der Waals surface area (Å²) in [6, 6.07) is 7.47. The van der Waals surface area contributed by atoms with Gasteiger partial charge in [0.05, 0.1) is 5.56 Å². The van der Waals surface area contributed by atoms with Crippen LogP contribution in [0.5, 0.6) is 0 Å². The third kappa shape index (κ3) is 1.43. The van der Waals surface area contributed by atoms with Crippen LogP contribution in [-0.4, -0.2) is 16.3 Å². The van der Waals surface area contributed by atoms with Gasteiger partial charge in [-0.1, -0.05) is 25.1 Å². The van der Waals surface area contributed by atoms with Crippen molar-refractivity contribution in [1.29, 1.82) is 0 Å². The number of hydrogen-bond donors (Lipinski definition) is 0. The molecule has 0 saturated heterocycles. The molecule has 1 aromatic rings. The van der Waals surface area contributed by atoms with Gasteiger partial charge < -0.3 is 5.53 Å². The van der Waals surface area contributed by atoms with Crippen LogP contribution in [0.15, 0.2) is 30.3 Å². The third-order valence-corrected chi connectivity index (χ3v) is 2.55. The van der Waals surface area contributed by atoms with Gasteiger partial charge in [-0.15, -0.1) is 0 Å². The molecular weight excluding hydrogens is 188 g/mol. The molecule has 0 N–H and O–H groups in total. The number of rotatable bonds is 1. The van der Waals surface area contributed by atoms with Crippen molar-refractivity contribution in [2.45, 2.75) is 13.3 Å². The van der Waals surface area contributed by atoms with E-state index in [1.165, 1.54) is 6.08 Å². The van der Waals surface area contributed by atoms with Crippen LogP contribution < -0.4 is 0 Å². The number of allylic oxidation sites excluding steroid dienone is 2. The van der Waals surface area contributed by atoms with Gasteiger partial charge >= 0.3 is 5.71 Å². The first-order chi connectivity index (χ1) is 7.27. The van der Waals surface area contributed by atoms with Crippen molar-refractivity contribution in [1.82, 2.24) is 0 Å². The molecule has 0 saturated carbocycles. The molecule has 0 unspecified atom stereocenters. The van der Waals surface area contributed by atoms with Crippen LogP contribution in [0.4, 0.5) is 0 Å². The molecule has 0 heterocycles. The van der Waals surface area contributed by atoms with Gasteiger partial charge in [0.25, 0.3) is 5.78 Å². The number of carbonyl (C=O) groups excluding carboxylic acids is 1. The Morgan fingerprint density at radius 3 is 2.53 bits per heavy atom. The average Bonchev–Trinajstić information content (AvgIpc) is 2.28.